The van der Waals surface area contributed by atoms with Crippen LogP contribution in [0.3, 0.4) is 0 Å². The second kappa shape index (κ2) is 3.78. The van der Waals surface area contributed by atoms with Crippen molar-refractivity contribution in [2.75, 3.05) is 6.54 Å². The van der Waals surface area contributed by atoms with Crippen LogP contribution in [-0.4, -0.2) is 18.2 Å². The van der Waals surface area contributed by atoms with Gasteiger partial charge in [0.25, 0.3) is 0 Å². The molecule has 4 nitrogen and oxygen atoms in total. The van der Waals surface area contributed by atoms with E-state index in [1.807, 2.05) is 0 Å². The van der Waals surface area contributed by atoms with Gasteiger partial charge in [-0.25, -0.2) is 9.82 Å². The predicted octanol–water partition coefficient (Wildman–Crippen LogP) is 0.113. The van der Waals surface area contributed by atoms with Crippen LogP contribution in [0.25, 0.3) is 0 Å². The predicted molar refractivity (Wildman–Crippen MR) is 50.3 cm³/mol. The number of benzene rings is 1. The molecule has 0 aromatic heterocycles. The minimum Gasteiger partial charge on any atom is -0.288 e. The summed E-state index contributed by atoms with van der Waals surface area (Å²) in [6, 6.07) is 5.57. The molecule has 2 rings (SSSR count). The first-order chi connectivity index (χ1) is 7.18. The second-order valence-corrected chi connectivity index (χ2v) is 3.30. The number of carbonyl (C=O) groups excluding carboxylic acids is 2. The number of hydrogen-bond acceptors (Lipinski definition) is 3. The Kier molecular flexibility index (Phi) is 2.47. The number of Topliss-reactive ketones (excluding diaryl/α,β-unsaturated/α-hetero) is 1. The molecule has 1 aliphatic rings. The van der Waals surface area contributed by atoms with Gasteiger partial charge in [-0.2, -0.15) is 0 Å². The topological polar surface area (TPSA) is 58.2 Å². The van der Waals surface area contributed by atoms with Gasteiger partial charge in [-0.15, -0.1) is 0 Å². The standard InChI is InChI=1S/C10H9FN2O2/c11-7-3-1-6(2-4-7)8-5-12-13-10(15)9(8)14/h1-4,8,12H,5H2,(H,13,15). The Labute approximate surface area is 85.4 Å². The Morgan fingerprint density at radius 2 is 1.87 bits per heavy atom. The van der Waals surface area contributed by atoms with E-state index in [1.165, 1.54) is 24.3 Å². The summed E-state index contributed by atoms with van der Waals surface area (Å²) in [6.07, 6.45) is 0. The SMILES string of the molecule is O=C1NNCC(c2ccc(F)cc2)C1=O. The van der Waals surface area contributed by atoms with Crippen molar-refractivity contribution in [3.63, 3.8) is 0 Å². The quantitative estimate of drug-likeness (QED) is 0.644. The second-order valence-electron chi connectivity index (χ2n) is 3.30. The maximum atomic E-state index is 12.6. The first-order valence-corrected chi connectivity index (χ1v) is 4.51. The molecule has 5 heteroatoms. The summed E-state index contributed by atoms with van der Waals surface area (Å²) in [5, 5.41) is 0. The molecule has 0 bridgehead atoms. The highest BCUT2D eigenvalue weighted by Crippen LogP contribution is 2.18. The van der Waals surface area contributed by atoms with Crippen molar-refractivity contribution < 1.29 is 14.0 Å². The van der Waals surface area contributed by atoms with Gasteiger partial charge in [-0.05, 0) is 17.7 Å². The summed E-state index contributed by atoms with van der Waals surface area (Å²) in [6.45, 7) is 0.330. The molecule has 1 aromatic carbocycles. The molecule has 0 aliphatic carbocycles. The van der Waals surface area contributed by atoms with Gasteiger partial charge in [-0.1, -0.05) is 12.1 Å². The van der Waals surface area contributed by atoms with Crippen molar-refractivity contribution in [3.8, 4) is 0 Å². The van der Waals surface area contributed by atoms with Crippen LogP contribution >= 0.6 is 0 Å². The van der Waals surface area contributed by atoms with Crippen LogP contribution in [0.1, 0.15) is 11.5 Å². The lowest BCUT2D eigenvalue weighted by Gasteiger charge is -2.21. The first kappa shape index (κ1) is 9.79. The molecule has 0 saturated carbocycles. The molecule has 1 saturated heterocycles. The van der Waals surface area contributed by atoms with Crippen LogP contribution in [0.5, 0.6) is 0 Å². The number of nitrogens with one attached hydrogen (secondary N) is 2. The summed E-state index contributed by atoms with van der Waals surface area (Å²) in [4.78, 5) is 22.5. The fourth-order valence-corrected chi connectivity index (χ4v) is 1.51. The van der Waals surface area contributed by atoms with E-state index in [0.29, 0.717) is 12.1 Å². The number of ketones is 1. The van der Waals surface area contributed by atoms with Gasteiger partial charge >= 0.3 is 5.91 Å². The molecule has 1 unspecified atom stereocenters. The lowest BCUT2D eigenvalue weighted by molar-refractivity contribution is -0.141. The van der Waals surface area contributed by atoms with E-state index in [4.69, 9.17) is 0 Å². The highest BCUT2D eigenvalue weighted by molar-refractivity contribution is 6.38. The third-order valence-corrected chi connectivity index (χ3v) is 2.32. The molecule has 1 fully saturated rings. The van der Waals surface area contributed by atoms with Gasteiger partial charge in [0.2, 0.25) is 5.78 Å². The Balaban J connectivity index is 2.26. The number of hydrazine groups is 1. The van der Waals surface area contributed by atoms with Gasteiger partial charge in [-0.3, -0.25) is 15.0 Å². The molecule has 1 amide bonds. The van der Waals surface area contributed by atoms with Gasteiger partial charge < -0.3 is 0 Å². The van der Waals surface area contributed by atoms with Gasteiger partial charge in [0.05, 0.1) is 5.92 Å². The minimum absolute atomic E-state index is 0.330. The van der Waals surface area contributed by atoms with E-state index in [0.717, 1.165) is 0 Å². The van der Waals surface area contributed by atoms with Gasteiger partial charge in [0.1, 0.15) is 5.82 Å². The van der Waals surface area contributed by atoms with Crippen molar-refractivity contribution in [2.45, 2.75) is 5.92 Å². The Morgan fingerprint density at radius 3 is 2.53 bits per heavy atom. The van der Waals surface area contributed by atoms with E-state index in [9.17, 15) is 14.0 Å². The molecule has 1 aliphatic heterocycles. The average Bonchev–Trinajstić information content (AvgIpc) is 2.24. The third kappa shape index (κ3) is 1.87. The highest BCUT2D eigenvalue weighted by atomic mass is 19.1. The maximum Gasteiger partial charge on any atom is 0.302 e. The molecule has 0 spiro atoms. The number of hydrogen-bond donors (Lipinski definition) is 2. The zero-order valence-corrected chi connectivity index (χ0v) is 7.79. The Morgan fingerprint density at radius 1 is 1.20 bits per heavy atom. The van der Waals surface area contributed by atoms with E-state index < -0.39 is 17.6 Å². The number of amides is 1. The molecular weight excluding hydrogens is 199 g/mol. The van der Waals surface area contributed by atoms with Crippen LogP contribution in [0.2, 0.25) is 0 Å². The van der Waals surface area contributed by atoms with Crippen molar-refractivity contribution in [3.05, 3.63) is 35.6 Å². The zero-order valence-electron chi connectivity index (χ0n) is 7.79. The number of halogens is 1. The summed E-state index contributed by atoms with van der Waals surface area (Å²) < 4.78 is 12.6. The number of rotatable bonds is 1. The summed E-state index contributed by atoms with van der Waals surface area (Å²) in [5.74, 6) is -2.05. The summed E-state index contributed by atoms with van der Waals surface area (Å²) in [5.41, 5.74) is 5.49. The molecule has 0 radical (unpaired) electrons. The van der Waals surface area contributed by atoms with Crippen LogP contribution in [0, 0.1) is 5.82 Å². The zero-order chi connectivity index (χ0) is 10.8. The van der Waals surface area contributed by atoms with E-state index in [-0.39, 0.29) is 5.82 Å². The van der Waals surface area contributed by atoms with Crippen molar-refractivity contribution in [2.24, 2.45) is 0 Å². The lowest BCUT2D eigenvalue weighted by atomic mass is 9.93. The fourth-order valence-electron chi connectivity index (χ4n) is 1.51. The number of carbonyl (C=O) groups is 2. The molecule has 1 atom stereocenters. The van der Waals surface area contributed by atoms with Crippen LogP contribution in [0.15, 0.2) is 24.3 Å². The molecule has 2 N–H and O–H groups in total. The minimum atomic E-state index is -0.657. The molecule has 1 heterocycles. The van der Waals surface area contributed by atoms with E-state index in [2.05, 4.69) is 10.9 Å². The third-order valence-electron chi connectivity index (χ3n) is 2.32. The van der Waals surface area contributed by atoms with Crippen LogP contribution < -0.4 is 10.9 Å². The molecular formula is C10H9FN2O2. The summed E-state index contributed by atoms with van der Waals surface area (Å²) >= 11 is 0. The fraction of sp³-hybridized carbons (Fsp3) is 0.200. The monoisotopic (exact) mass is 208 g/mol. The molecule has 15 heavy (non-hydrogen) atoms. The molecule has 78 valence electrons. The van der Waals surface area contributed by atoms with Crippen molar-refractivity contribution in [1.82, 2.24) is 10.9 Å². The summed E-state index contributed by atoms with van der Waals surface area (Å²) in [7, 11) is 0. The van der Waals surface area contributed by atoms with E-state index in [1.54, 1.807) is 0 Å². The van der Waals surface area contributed by atoms with Crippen molar-refractivity contribution in [1.29, 1.82) is 0 Å². The lowest BCUT2D eigenvalue weighted by Crippen LogP contribution is -2.52. The Hall–Kier alpha value is -1.75. The molecule has 1 aromatic rings. The Bertz CT molecular complexity index is 402. The average molecular weight is 208 g/mol. The van der Waals surface area contributed by atoms with Crippen molar-refractivity contribution >= 4 is 11.7 Å². The largest absolute Gasteiger partial charge is 0.302 e. The smallest absolute Gasteiger partial charge is 0.288 e. The van der Waals surface area contributed by atoms with Gasteiger partial charge in [0, 0.05) is 6.54 Å². The maximum absolute atomic E-state index is 12.6. The normalized spacial score (nSPS) is 21.3. The van der Waals surface area contributed by atoms with E-state index >= 15 is 0 Å². The van der Waals surface area contributed by atoms with Crippen LogP contribution in [-0.2, 0) is 9.59 Å². The highest BCUT2D eigenvalue weighted by Gasteiger charge is 2.30. The van der Waals surface area contributed by atoms with Gasteiger partial charge in [0.15, 0.2) is 0 Å². The first-order valence-electron chi connectivity index (χ1n) is 4.51. The van der Waals surface area contributed by atoms with Crippen LogP contribution in [0.4, 0.5) is 4.39 Å².